The highest BCUT2D eigenvalue weighted by atomic mass is 16.1. The number of ketones is 1. The first kappa shape index (κ1) is 17.2. The van der Waals surface area contributed by atoms with Crippen LogP contribution in [-0.2, 0) is 0 Å². The van der Waals surface area contributed by atoms with Crippen LogP contribution in [0.15, 0.2) is 18.2 Å². The van der Waals surface area contributed by atoms with Crippen LogP contribution in [0.3, 0.4) is 0 Å². The minimum atomic E-state index is 0.0527. The maximum absolute atomic E-state index is 11.2. The molecule has 0 bridgehead atoms. The molecular formula is C16H24N2O. The molecule has 2 rings (SSSR count). The van der Waals surface area contributed by atoms with Gasteiger partial charge in [0.05, 0.1) is 22.4 Å². The van der Waals surface area contributed by atoms with Crippen molar-refractivity contribution >= 4 is 16.8 Å². The van der Waals surface area contributed by atoms with Crippen molar-refractivity contribution < 1.29 is 4.79 Å². The molecule has 0 atom stereocenters. The number of carbonyl (C=O) groups is 1. The Morgan fingerprint density at radius 1 is 0.895 bits per heavy atom. The highest BCUT2D eigenvalue weighted by Gasteiger charge is 2.04. The number of nitrogens with zero attached hydrogens (tertiary/aromatic N) is 2. The summed E-state index contributed by atoms with van der Waals surface area (Å²) < 4.78 is 0. The second kappa shape index (κ2) is 8.35. The Labute approximate surface area is 116 Å². The third-order valence-corrected chi connectivity index (χ3v) is 2.48. The molecule has 1 heterocycles. The van der Waals surface area contributed by atoms with Crippen LogP contribution in [0.2, 0.25) is 0 Å². The number of hydrogen-bond donors (Lipinski definition) is 0. The van der Waals surface area contributed by atoms with E-state index in [1.54, 1.807) is 19.1 Å². The van der Waals surface area contributed by atoms with Gasteiger partial charge in [-0.25, -0.2) is 9.97 Å². The molecule has 1 aromatic carbocycles. The summed E-state index contributed by atoms with van der Waals surface area (Å²) in [7, 11) is 0. The largest absolute Gasteiger partial charge is 0.295 e. The molecule has 0 aliphatic rings. The van der Waals surface area contributed by atoms with E-state index in [0.717, 1.165) is 22.4 Å². The van der Waals surface area contributed by atoms with Crippen LogP contribution in [0.1, 0.15) is 56.4 Å². The van der Waals surface area contributed by atoms with Crippen LogP contribution in [0.4, 0.5) is 0 Å². The van der Waals surface area contributed by atoms with Gasteiger partial charge in [0.25, 0.3) is 0 Å². The summed E-state index contributed by atoms with van der Waals surface area (Å²) in [5.74, 6) is 0.0527. The third-order valence-electron chi connectivity index (χ3n) is 2.48. The summed E-state index contributed by atoms with van der Waals surface area (Å²) in [5.41, 5.74) is 4.13. The molecule has 1 aromatic heterocycles. The quantitative estimate of drug-likeness (QED) is 0.709. The van der Waals surface area contributed by atoms with Crippen molar-refractivity contribution in [3.05, 3.63) is 35.2 Å². The fourth-order valence-electron chi connectivity index (χ4n) is 1.45. The summed E-state index contributed by atoms with van der Waals surface area (Å²) in [6.07, 6.45) is 0. The van der Waals surface area contributed by atoms with Crippen LogP contribution in [0.25, 0.3) is 11.0 Å². The van der Waals surface area contributed by atoms with Gasteiger partial charge in [0.2, 0.25) is 0 Å². The molecular weight excluding hydrogens is 236 g/mol. The maximum atomic E-state index is 11.2. The minimum absolute atomic E-state index is 0.0527. The van der Waals surface area contributed by atoms with Crippen molar-refractivity contribution in [1.29, 1.82) is 0 Å². The second-order valence-electron chi connectivity index (χ2n) is 3.65. The molecule has 0 fully saturated rings. The summed E-state index contributed by atoms with van der Waals surface area (Å²) in [4.78, 5) is 20.0. The average molecular weight is 260 g/mol. The molecule has 0 saturated carbocycles. The van der Waals surface area contributed by atoms with Gasteiger partial charge in [-0.2, -0.15) is 0 Å². The SMILES string of the molecule is CC.CC.CC(=O)c1ccc2nc(C)c(C)nc2c1. The zero-order valence-electron chi connectivity index (χ0n) is 13.0. The van der Waals surface area contributed by atoms with Crippen molar-refractivity contribution in [2.45, 2.75) is 48.5 Å². The van der Waals surface area contributed by atoms with Gasteiger partial charge in [0.15, 0.2) is 5.78 Å². The Hall–Kier alpha value is -1.77. The standard InChI is InChI=1S/C12H12N2O.2C2H6/c1-7-8(2)14-12-6-10(9(3)15)4-5-11(12)13-7;2*1-2/h4-6H,1-3H3;2*1-2H3. The summed E-state index contributed by atoms with van der Waals surface area (Å²) in [6.45, 7) is 13.4. The molecule has 0 spiro atoms. The van der Waals surface area contributed by atoms with Crippen molar-refractivity contribution in [3.8, 4) is 0 Å². The lowest BCUT2D eigenvalue weighted by atomic mass is 10.1. The number of aryl methyl sites for hydroxylation is 2. The molecule has 0 amide bonds. The summed E-state index contributed by atoms with van der Waals surface area (Å²) >= 11 is 0. The van der Waals surface area contributed by atoms with E-state index in [-0.39, 0.29) is 5.78 Å². The van der Waals surface area contributed by atoms with Gasteiger partial charge in [-0.1, -0.05) is 27.7 Å². The topological polar surface area (TPSA) is 42.9 Å². The number of benzene rings is 1. The molecule has 0 radical (unpaired) electrons. The predicted octanol–water partition coefficient (Wildman–Crippen LogP) is 4.50. The van der Waals surface area contributed by atoms with E-state index < -0.39 is 0 Å². The first-order valence-corrected chi connectivity index (χ1v) is 6.84. The van der Waals surface area contributed by atoms with E-state index in [1.807, 2.05) is 47.6 Å². The highest BCUT2D eigenvalue weighted by molar-refractivity contribution is 5.97. The average Bonchev–Trinajstić information content (AvgIpc) is 2.44. The molecule has 0 unspecified atom stereocenters. The van der Waals surface area contributed by atoms with Crippen molar-refractivity contribution in [3.63, 3.8) is 0 Å². The maximum Gasteiger partial charge on any atom is 0.159 e. The minimum Gasteiger partial charge on any atom is -0.295 e. The summed E-state index contributed by atoms with van der Waals surface area (Å²) in [5, 5.41) is 0. The molecule has 0 N–H and O–H groups in total. The lowest BCUT2D eigenvalue weighted by molar-refractivity contribution is 0.101. The normalized spacial score (nSPS) is 9.00. The second-order valence-corrected chi connectivity index (χ2v) is 3.65. The fraction of sp³-hybridized carbons (Fsp3) is 0.438. The number of rotatable bonds is 1. The molecule has 0 aliphatic heterocycles. The molecule has 0 aliphatic carbocycles. The Morgan fingerprint density at radius 2 is 1.37 bits per heavy atom. The van der Waals surface area contributed by atoms with E-state index >= 15 is 0 Å². The molecule has 104 valence electrons. The van der Waals surface area contributed by atoms with E-state index in [1.165, 1.54) is 0 Å². The number of carbonyl (C=O) groups excluding carboxylic acids is 1. The fourth-order valence-corrected chi connectivity index (χ4v) is 1.45. The predicted molar refractivity (Wildman–Crippen MR) is 81.7 cm³/mol. The van der Waals surface area contributed by atoms with Crippen LogP contribution in [0.5, 0.6) is 0 Å². The van der Waals surface area contributed by atoms with Gasteiger partial charge in [-0.3, -0.25) is 4.79 Å². The van der Waals surface area contributed by atoms with E-state index in [0.29, 0.717) is 5.56 Å². The Kier molecular flexibility index (Phi) is 7.57. The summed E-state index contributed by atoms with van der Waals surface area (Å²) in [6, 6.07) is 5.41. The van der Waals surface area contributed by atoms with Crippen LogP contribution in [-0.4, -0.2) is 15.8 Å². The van der Waals surface area contributed by atoms with Crippen LogP contribution < -0.4 is 0 Å². The number of fused-ring (bicyclic) bond motifs is 1. The highest BCUT2D eigenvalue weighted by Crippen LogP contribution is 2.14. The molecule has 3 nitrogen and oxygen atoms in total. The monoisotopic (exact) mass is 260 g/mol. The van der Waals surface area contributed by atoms with Crippen LogP contribution in [0, 0.1) is 13.8 Å². The Bertz CT molecular complexity index is 548. The zero-order valence-corrected chi connectivity index (χ0v) is 13.0. The first-order valence-electron chi connectivity index (χ1n) is 6.84. The number of hydrogen-bond acceptors (Lipinski definition) is 3. The zero-order chi connectivity index (χ0) is 15.0. The lowest BCUT2D eigenvalue weighted by Crippen LogP contribution is -1.96. The molecule has 3 heteroatoms. The van der Waals surface area contributed by atoms with Gasteiger partial charge < -0.3 is 0 Å². The van der Waals surface area contributed by atoms with E-state index in [4.69, 9.17) is 0 Å². The van der Waals surface area contributed by atoms with Gasteiger partial charge in [-0.15, -0.1) is 0 Å². The third kappa shape index (κ3) is 4.43. The van der Waals surface area contributed by atoms with Gasteiger partial charge in [-0.05, 0) is 39.0 Å². The van der Waals surface area contributed by atoms with E-state index in [9.17, 15) is 4.79 Å². The van der Waals surface area contributed by atoms with Crippen molar-refractivity contribution in [2.24, 2.45) is 0 Å². The first-order chi connectivity index (χ1) is 9.08. The van der Waals surface area contributed by atoms with Gasteiger partial charge >= 0.3 is 0 Å². The number of Topliss-reactive ketones (excluding diaryl/α,β-unsaturated/α-hetero) is 1. The van der Waals surface area contributed by atoms with Gasteiger partial charge in [0, 0.05) is 5.56 Å². The Balaban J connectivity index is 0.000000741. The smallest absolute Gasteiger partial charge is 0.159 e. The lowest BCUT2D eigenvalue weighted by Gasteiger charge is -2.03. The van der Waals surface area contributed by atoms with Crippen LogP contribution >= 0.6 is 0 Å². The van der Waals surface area contributed by atoms with Crippen molar-refractivity contribution in [2.75, 3.05) is 0 Å². The molecule has 0 saturated heterocycles. The van der Waals surface area contributed by atoms with Crippen molar-refractivity contribution in [1.82, 2.24) is 9.97 Å². The van der Waals surface area contributed by atoms with E-state index in [2.05, 4.69) is 9.97 Å². The number of aromatic nitrogens is 2. The Morgan fingerprint density at radius 3 is 1.84 bits per heavy atom. The van der Waals surface area contributed by atoms with Gasteiger partial charge in [0.1, 0.15) is 0 Å². The molecule has 2 aromatic rings. The molecule has 19 heavy (non-hydrogen) atoms.